The van der Waals surface area contributed by atoms with E-state index in [-0.39, 0.29) is 10.6 Å². The van der Waals surface area contributed by atoms with E-state index in [1.54, 1.807) is 6.07 Å². The van der Waals surface area contributed by atoms with E-state index in [1.165, 1.54) is 19.2 Å². The van der Waals surface area contributed by atoms with Crippen LogP contribution >= 0.6 is 0 Å². The van der Waals surface area contributed by atoms with Crippen LogP contribution in [-0.4, -0.2) is 26.6 Å². The Morgan fingerprint density at radius 2 is 2.06 bits per heavy atom. The number of rotatable bonds is 2. The van der Waals surface area contributed by atoms with Crippen molar-refractivity contribution in [3.63, 3.8) is 0 Å². The Hall–Kier alpha value is -1.82. The highest BCUT2D eigenvalue weighted by Gasteiger charge is 2.36. The number of carboxylic acid groups (broad SMARTS) is 1. The predicted molar refractivity (Wildman–Crippen MR) is 55.8 cm³/mol. The second kappa shape index (κ2) is 3.34. The molecule has 1 aromatic carbocycles. The molecule has 2 rings (SSSR count). The third-order valence-corrected chi connectivity index (χ3v) is 4.13. The lowest BCUT2D eigenvalue weighted by molar-refractivity contribution is -0.131. The zero-order valence-corrected chi connectivity index (χ0v) is 9.11. The summed E-state index contributed by atoms with van der Waals surface area (Å²) >= 11 is 0. The zero-order valence-electron chi connectivity index (χ0n) is 8.30. The summed E-state index contributed by atoms with van der Waals surface area (Å²) in [5.41, 5.74) is 0.344. The van der Waals surface area contributed by atoms with Crippen molar-refractivity contribution in [1.29, 1.82) is 0 Å². The molecule has 5 nitrogen and oxygen atoms in total. The third-order valence-electron chi connectivity index (χ3n) is 2.28. The maximum absolute atomic E-state index is 11.9. The van der Waals surface area contributed by atoms with E-state index in [4.69, 9.17) is 9.84 Å². The minimum atomic E-state index is -3.95. The molecule has 0 saturated carbocycles. The molecule has 0 aliphatic carbocycles. The van der Waals surface area contributed by atoms with Crippen LogP contribution in [0.4, 0.5) is 0 Å². The van der Waals surface area contributed by atoms with Gasteiger partial charge < -0.3 is 9.84 Å². The Bertz CT molecular complexity index is 598. The Morgan fingerprint density at radius 3 is 2.62 bits per heavy atom. The molecule has 1 aromatic rings. The van der Waals surface area contributed by atoms with Gasteiger partial charge >= 0.3 is 5.97 Å². The fourth-order valence-corrected chi connectivity index (χ4v) is 3.19. The van der Waals surface area contributed by atoms with Crippen LogP contribution in [0.5, 0.6) is 5.75 Å². The fraction of sp³-hybridized carbons (Fsp3) is 0.100. The van der Waals surface area contributed by atoms with Gasteiger partial charge in [0.2, 0.25) is 9.84 Å². The molecule has 1 aliphatic heterocycles. The van der Waals surface area contributed by atoms with Gasteiger partial charge in [0.25, 0.3) is 0 Å². The van der Waals surface area contributed by atoms with E-state index in [2.05, 4.69) is 0 Å². The number of benzene rings is 1. The fourth-order valence-electron chi connectivity index (χ4n) is 1.60. The van der Waals surface area contributed by atoms with Gasteiger partial charge in [-0.15, -0.1) is 0 Å². The molecule has 0 radical (unpaired) electrons. The zero-order chi connectivity index (χ0) is 11.9. The molecular weight excluding hydrogens is 232 g/mol. The molecule has 0 amide bonds. The topological polar surface area (TPSA) is 80.7 Å². The molecule has 0 aromatic heterocycles. The van der Waals surface area contributed by atoms with Crippen molar-refractivity contribution in [3.05, 3.63) is 28.7 Å². The Labute approximate surface area is 91.9 Å². The number of hydrogen-bond acceptors (Lipinski definition) is 4. The number of carboxylic acids is 1. The highest BCUT2D eigenvalue weighted by Crippen LogP contribution is 2.38. The average molecular weight is 240 g/mol. The third kappa shape index (κ3) is 1.30. The lowest BCUT2D eigenvalue weighted by Crippen LogP contribution is -2.10. The molecule has 0 unspecified atom stereocenters. The van der Waals surface area contributed by atoms with Crippen molar-refractivity contribution in [2.75, 3.05) is 7.11 Å². The second-order valence-corrected chi connectivity index (χ2v) is 5.05. The maximum atomic E-state index is 11.9. The van der Waals surface area contributed by atoms with Gasteiger partial charge in [-0.2, -0.15) is 0 Å². The number of sulfone groups is 1. The lowest BCUT2D eigenvalue weighted by atomic mass is 10.2. The summed E-state index contributed by atoms with van der Waals surface area (Å²) in [5, 5.41) is 8.80. The first-order chi connectivity index (χ1) is 7.48. The smallest absolute Gasteiger partial charge is 0.347 e. The molecule has 84 valence electrons. The van der Waals surface area contributed by atoms with Crippen molar-refractivity contribution in [3.8, 4) is 5.75 Å². The van der Waals surface area contributed by atoms with Gasteiger partial charge in [0.1, 0.15) is 10.6 Å². The summed E-state index contributed by atoms with van der Waals surface area (Å²) in [6.07, 6.45) is 1.13. The van der Waals surface area contributed by atoms with Crippen LogP contribution in [0.15, 0.2) is 28.0 Å². The summed E-state index contributed by atoms with van der Waals surface area (Å²) in [6.45, 7) is 0. The molecule has 0 bridgehead atoms. The normalized spacial score (nSPS) is 16.4. The number of fused-ring (bicyclic) bond motifs is 1. The van der Waals surface area contributed by atoms with Crippen LogP contribution in [0.3, 0.4) is 0 Å². The molecular formula is C10H8O5S. The minimum Gasteiger partial charge on any atom is -0.495 e. The summed E-state index contributed by atoms with van der Waals surface area (Å²) < 4.78 is 28.7. The number of carbonyl (C=O) groups is 1. The number of methoxy groups -OCH3 is 1. The van der Waals surface area contributed by atoms with Gasteiger partial charge in [-0.05, 0) is 17.7 Å². The molecule has 0 saturated heterocycles. The second-order valence-electron chi connectivity index (χ2n) is 3.20. The van der Waals surface area contributed by atoms with Crippen molar-refractivity contribution in [1.82, 2.24) is 0 Å². The van der Waals surface area contributed by atoms with E-state index in [0.29, 0.717) is 5.56 Å². The summed E-state index contributed by atoms with van der Waals surface area (Å²) in [4.78, 5) is 10.1. The first kappa shape index (κ1) is 10.7. The quantitative estimate of drug-likeness (QED) is 0.830. The van der Waals surface area contributed by atoms with Gasteiger partial charge in [0.05, 0.1) is 7.11 Å². The van der Waals surface area contributed by atoms with E-state index in [0.717, 1.165) is 6.08 Å². The van der Waals surface area contributed by atoms with E-state index >= 15 is 0 Å². The largest absolute Gasteiger partial charge is 0.495 e. The number of hydrogen-bond donors (Lipinski definition) is 1. The predicted octanol–water partition coefficient (Wildman–Crippen LogP) is 0.908. The van der Waals surface area contributed by atoms with Gasteiger partial charge in [-0.1, -0.05) is 12.1 Å². The molecule has 16 heavy (non-hydrogen) atoms. The standard InChI is InChI=1S/C10H8O5S/c1-15-7-4-2-3-6-5-8(10(11)12)16(13,14)9(6)7/h2-5H,1H3,(H,11,12). The molecule has 0 spiro atoms. The van der Waals surface area contributed by atoms with Crippen LogP contribution in [-0.2, 0) is 14.6 Å². The monoisotopic (exact) mass is 240 g/mol. The van der Waals surface area contributed by atoms with Crippen LogP contribution in [0, 0.1) is 0 Å². The van der Waals surface area contributed by atoms with E-state index in [9.17, 15) is 13.2 Å². The average Bonchev–Trinajstić information content (AvgIpc) is 2.51. The highest BCUT2D eigenvalue weighted by atomic mass is 32.2. The Kier molecular flexibility index (Phi) is 2.23. The molecule has 0 atom stereocenters. The summed E-state index contributed by atoms with van der Waals surface area (Å²) in [7, 11) is -2.61. The molecule has 0 fully saturated rings. The van der Waals surface area contributed by atoms with Crippen LogP contribution in [0.2, 0.25) is 0 Å². The highest BCUT2D eigenvalue weighted by molar-refractivity contribution is 7.97. The summed E-state index contributed by atoms with van der Waals surface area (Å²) in [6, 6.07) is 4.62. The SMILES string of the molecule is COc1cccc2c1S(=O)(=O)C(C(=O)O)=C2. The summed E-state index contributed by atoms with van der Waals surface area (Å²) in [5.74, 6) is -1.30. The van der Waals surface area contributed by atoms with Crippen molar-refractivity contribution in [2.45, 2.75) is 4.90 Å². The van der Waals surface area contributed by atoms with Gasteiger partial charge in [-0.25, -0.2) is 13.2 Å². The van der Waals surface area contributed by atoms with Crippen LogP contribution < -0.4 is 4.74 Å². The maximum Gasteiger partial charge on any atom is 0.347 e. The van der Waals surface area contributed by atoms with E-state index in [1.807, 2.05) is 0 Å². The van der Waals surface area contributed by atoms with Crippen LogP contribution in [0.25, 0.3) is 6.08 Å². The first-order valence-electron chi connectivity index (χ1n) is 4.35. The minimum absolute atomic E-state index is 0.0742. The van der Waals surface area contributed by atoms with Gasteiger partial charge in [-0.3, -0.25) is 0 Å². The number of aliphatic carboxylic acids is 1. The van der Waals surface area contributed by atoms with Gasteiger partial charge in [0.15, 0.2) is 4.91 Å². The van der Waals surface area contributed by atoms with Crippen molar-refractivity contribution < 1.29 is 23.1 Å². The van der Waals surface area contributed by atoms with E-state index < -0.39 is 20.7 Å². The Balaban J connectivity index is 2.76. The van der Waals surface area contributed by atoms with Crippen LogP contribution in [0.1, 0.15) is 5.56 Å². The van der Waals surface area contributed by atoms with Gasteiger partial charge in [0, 0.05) is 0 Å². The molecule has 1 heterocycles. The lowest BCUT2D eigenvalue weighted by Gasteiger charge is -2.06. The van der Waals surface area contributed by atoms with Crippen molar-refractivity contribution >= 4 is 21.9 Å². The first-order valence-corrected chi connectivity index (χ1v) is 5.84. The Morgan fingerprint density at radius 1 is 1.38 bits per heavy atom. The molecule has 6 heteroatoms. The van der Waals surface area contributed by atoms with Crippen molar-refractivity contribution in [2.24, 2.45) is 0 Å². The number of ether oxygens (including phenoxy) is 1. The molecule has 1 N–H and O–H groups in total. The molecule has 1 aliphatic rings.